The minimum atomic E-state index is -1.35. The number of hydrogen-bond donors (Lipinski definition) is 1. The lowest BCUT2D eigenvalue weighted by molar-refractivity contribution is -0.130. The van der Waals surface area contributed by atoms with Crippen LogP contribution < -0.4 is 5.32 Å². The highest BCUT2D eigenvalue weighted by Crippen LogP contribution is 2.28. The largest absolute Gasteiger partial charge is 0.325 e. The topological polar surface area (TPSA) is 49.4 Å². The van der Waals surface area contributed by atoms with Crippen LogP contribution in [0.5, 0.6) is 0 Å². The Morgan fingerprint density at radius 1 is 1.24 bits per heavy atom. The van der Waals surface area contributed by atoms with Crippen LogP contribution in [0.4, 0.5) is 13.6 Å². The van der Waals surface area contributed by atoms with Crippen molar-refractivity contribution in [1.82, 2.24) is 10.2 Å². The molecule has 1 aromatic carbocycles. The van der Waals surface area contributed by atoms with Crippen molar-refractivity contribution in [3.05, 3.63) is 35.4 Å². The number of nitrogens with one attached hydrogen (secondary N) is 1. The van der Waals surface area contributed by atoms with Crippen LogP contribution in [0.25, 0.3) is 0 Å². The summed E-state index contributed by atoms with van der Waals surface area (Å²) in [6, 6.07) is 2.54. The van der Waals surface area contributed by atoms with Gasteiger partial charge < -0.3 is 5.32 Å². The highest BCUT2D eigenvalue weighted by molar-refractivity contribution is 6.06. The zero-order valence-electron chi connectivity index (χ0n) is 9.25. The Labute approximate surface area is 96.2 Å². The fourth-order valence-electron chi connectivity index (χ4n) is 1.78. The molecule has 1 fully saturated rings. The van der Waals surface area contributed by atoms with E-state index < -0.39 is 29.1 Å². The number of urea groups is 1. The first-order valence-corrected chi connectivity index (χ1v) is 4.92. The number of halogens is 2. The molecule has 1 N–H and O–H groups in total. The molecule has 1 aliphatic rings. The number of imide groups is 1. The Morgan fingerprint density at radius 3 is 2.35 bits per heavy atom. The van der Waals surface area contributed by atoms with Gasteiger partial charge in [-0.05, 0) is 24.6 Å². The van der Waals surface area contributed by atoms with Crippen LogP contribution in [0.2, 0.25) is 0 Å². The van der Waals surface area contributed by atoms with Crippen LogP contribution in [-0.4, -0.2) is 23.9 Å². The Balaban J connectivity index is 2.49. The number of likely N-dealkylation sites (N-methyl/N-ethyl adjacent to an activating group) is 1. The Morgan fingerprint density at radius 2 is 1.88 bits per heavy atom. The second kappa shape index (κ2) is 3.51. The van der Waals surface area contributed by atoms with Crippen LogP contribution in [-0.2, 0) is 10.3 Å². The molecule has 2 rings (SSSR count). The summed E-state index contributed by atoms with van der Waals surface area (Å²) in [6.45, 7) is 1.45. The summed E-state index contributed by atoms with van der Waals surface area (Å²) in [5.74, 6) is -2.56. The number of nitrogens with zero attached hydrogens (tertiary/aromatic N) is 1. The molecule has 4 nitrogen and oxygen atoms in total. The quantitative estimate of drug-likeness (QED) is 0.753. The van der Waals surface area contributed by atoms with Crippen LogP contribution in [0.1, 0.15) is 12.5 Å². The molecular weight excluding hydrogens is 230 g/mol. The molecule has 17 heavy (non-hydrogen) atoms. The van der Waals surface area contributed by atoms with E-state index in [0.717, 1.165) is 17.0 Å². The van der Waals surface area contributed by atoms with Crippen molar-refractivity contribution in [2.75, 3.05) is 7.05 Å². The summed E-state index contributed by atoms with van der Waals surface area (Å²) >= 11 is 0. The maximum atomic E-state index is 13.1. The zero-order valence-corrected chi connectivity index (χ0v) is 9.25. The van der Waals surface area contributed by atoms with Gasteiger partial charge in [0.1, 0.15) is 5.54 Å². The number of carbonyl (C=O) groups excluding carboxylic acids is 2. The fourth-order valence-corrected chi connectivity index (χ4v) is 1.78. The standard InChI is InChI=1S/C11H10F2N2O2/c1-11(9(16)15(2)10(17)14-11)6-3-4-7(12)8(13)5-6/h3-5H,1-2H3,(H,14,17)/t11-/m0/s1. The SMILES string of the molecule is CN1C(=O)N[C@@](C)(c2ccc(F)c(F)c2)C1=O. The molecule has 0 saturated carbocycles. The summed E-state index contributed by atoms with van der Waals surface area (Å²) < 4.78 is 25.9. The van der Waals surface area contributed by atoms with E-state index in [1.807, 2.05) is 0 Å². The van der Waals surface area contributed by atoms with E-state index in [4.69, 9.17) is 0 Å². The van der Waals surface area contributed by atoms with E-state index >= 15 is 0 Å². The highest BCUT2D eigenvalue weighted by Gasteiger charge is 2.47. The molecule has 0 aromatic heterocycles. The molecule has 1 saturated heterocycles. The molecule has 1 heterocycles. The first-order valence-electron chi connectivity index (χ1n) is 4.92. The third-order valence-corrected chi connectivity index (χ3v) is 2.89. The number of amides is 3. The monoisotopic (exact) mass is 240 g/mol. The van der Waals surface area contributed by atoms with Crippen molar-refractivity contribution >= 4 is 11.9 Å². The molecular formula is C11H10F2N2O2. The highest BCUT2D eigenvalue weighted by atomic mass is 19.2. The van der Waals surface area contributed by atoms with Gasteiger partial charge in [-0.1, -0.05) is 6.07 Å². The van der Waals surface area contributed by atoms with E-state index in [0.29, 0.717) is 0 Å². The molecule has 90 valence electrons. The average molecular weight is 240 g/mol. The molecule has 0 aliphatic carbocycles. The maximum absolute atomic E-state index is 13.1. The van der Waals surface area contributed by atoms with Gasteiger partial charge in [0, 0.05) is 7.05 Å². The number of rotatable bonds is 1. The van der Waals surface area contributed by atoms with E-state index in [2.05, 4.69) is 5.32 Å². The van der Waals surface area contributed by atoms with E-state index in [-0.39, 0.29) is 5.56 Å². The van der Waals surface area contributed by atoms with E-state index in [1.54, 1.807) is 0 Å². The Kier molecular flexibility index (Phi) is 2.38. The number of benzene rings is 1. The minimum Gasteiger partial charge on any atom is -0.319 e. The molecule has 3 amide bonds. The number of carbonyl (C=O) groups is 2. The molecule has 1 aliphatic heterocycles. The average Bonchev–Trinajstić information content (AvgIpc) is 2.48. The number of hydrogen-bond acceptors (Lipinski definition) is 2. The fraction of sp³-hybridized carbons (Fsp3) is 0.273. The van der Waals surface area contributed by atoms with Crippen molar-refractivity contribution in [1.29, 1.82) is 0 Å². The molecule has 1 atom stereocenters. The normalized spacial score (nSPS) is 24.1. The first kappa shape index (κ1) is 11.5. The molecule has 0 unspecified atom stereocenters. The van der Waals surface area contributed by atoms with Crippen molar-refractivity contribution in [3.63, 3.8) is 0 Å². The van der Waals surface area contributed by atoms with E-state index in [9.17, 15) is 18.4 Å². The smallest absolute Gasteiger partial charge is 0.319 e. The van der Waals surface area contributed by atoms with Gasteiger partial charge in [0.2, 0.25) is 0 Å². The van der Waals surface area contributed by atoms with Crippen molar-refractivity contribution in [3.8, 4) is 0 Å². The van der Waals surface area contributed by atoms with Gasteiger partial charge in [-0.25, -0.2) is 13.6 Å². The van der Waals surface area contributed by atoms with Crippen LogP contribution in [0.3, 0.4) is 0 Å². The summed E-state index contributed by atoms with van der Waals surface area (Å²) in [6.07, 6.45) is 0. The third kappa shape index (κ3) is 1.56. The van der Waals surface area contributed by atoms with Crippen molar-refractivity contribution in [2.24, 2.45) is 0 Å². The van der Waals surface area contributed by atoms with Crippen LogP contribution in [0.15, 0.2) is 18.2 Å². The zero-order chi connectivity index (χ0) is 12.8. The predicted octanol–water partition coefficient (Wildman–Crippen LogP) is 1.36. The van der Waals surface area contributed by atoms with Crippen molar-refractivity contribution < 1.29 is 18.4 Å². The molecule has 1 aromatic rings. The summed E-state index contributed by atoms with van der Waals surface area (Å²) in [5.41, 5.74) is -1.14. The lowest BCUT2D eigenvalue weighted by Gasteiger charge is -2.21. The Hall–Kier alpha value is -1.98. The molecule has 0 bridgehead atoms. The molecule has 6 heteroatoms. The van der Waals surface area contributed by atoms with Gasteiger partial charge in [0.25, 0.3) is 5.91 Å². The first-order chi connectivity index (χ1) is 7.86. The summed E-state index contributed by atoms with van der Waals surface area (Å²) in [5, 5.41) is 2.44. The van der Waals surface area contributed by atoms with Gasteiger partial charge in [0.15, 0.2) is 11.6 Å². The summed E-state index contributed by atoms with van der Waals surface area (Å²) in [7, 11) is 1.32. The second-order valence-corrected chi connectivity index (χ2v) is 4.05. The molecule has 0 spiro atoms. The minimum absolute atomic E-state index is 0.208. The van der Waals surface area contributed by atoms with Gasteiger partial charge in [-0.2, -0.15) is 0 Å². The van der Waals surface area contributed by atoms with Gasteiger partial charge in [-0.15, -0.1) is 0 Å². The van der Waals surface area contributed by atoms with Gasteiger partial charge in [0.05, 0.1) is 0 Å². The third-order valence-electron chi connectivity index (χ3n) is 2.89. The van der Waals surface area contributed by atoms with Gasteiger partial charge >= 0.3 is 6.03 Å². The van der Waals surface area contributed by atoms with Crippen molar-refractivity contribution in [2.45, 2.75) is 12.5 Å². The molecule has 0 radical (unpaired) electrons. The van der Waals surface area contributed by atoms with Gasteiger partial charge in [-0.3, -0.25) is 9.69 Å². The maximum Gasteiger partial charge on any atom is 0.325 e. The Bertz CT molecular complexity index is 518. The van der Waals surface area contributed by atoms with Crippen LogP contribution in [0, 0.1) is 11.6 Å². The van der Waals surface area contributed by atoms with Crippen LogP contribution >= 0.6 is 0 Å². The summed E-state index contributed by atoms with van der Waals surface area (Å²) in [4.78, 5) is 24.1. The second-order valence-electron chi connectivity index (χ2n) is 4.05. The lowest BCUT2D eigenvalue weighted by atomic mass is 9.92. The van der Waals surface area contributed by atoms with E-state index in [1.165, 1.54) is 20.0 Å². The predicted molar refractivity (Wildman–Crippen MR) is 55.0 cm³/mol. The lowest BCUT2D eigenvalue weighted by Crippen LogP contribution is -2.40.